The van der Waals surface area contributed by atoms with Gasteiger partial charge in [0.15, 0.2) is 11.5 Å². The molecule has 1 N–H and O–H groups in total. The van der Waals surface area contributed by atoms with E-state index in [4.69, 9.17) is 14.2 Å². The Labute approximate surface area is 177 Å². The van der Waals surface area contributed by atoms with Crippen LogP contribution in [-0.4, -0.2) is 35.9 Å². The van der Waals surface area contributed by atoms with Crippen molar-refractivity contribution in [3.63, 3.8) is 0 Å². The number of benzene rings is 2. The second kappa shape index (κ2) is 10.0. The Kier molecular flexibility index (Phi) is 7.18. The third-order valence-corrected chi connectivity index (χ3v) is 4.80. The van der Waals surface area contributed by atoms with Crippen molar-refractivity contribution in [1.82, 2.24) is 10.2 Å². The van der Waals surface area contributed by atoms with Crippen molar-refractivity contribution in [3.8, 4) is 27.8 Å². The van der Waals surface area contributed by atoms with Crippen molar-refractivity contribution < 1.29 is 23.4 Å². The molecule has 0 saturated carbocycles. The van der Waals surface area contributed by atoms with Gasteiger partial charge in [-0.05, 0) is 57.2 Å². The normalized spacial score (nSPS) is 10.5. The summed E-state index contributed by atoms with van der Waals surface area (Å²) in [5, 5.41) is 11.7. The molecule has 0 bridgehead atoms. The van der Waals surface area contributed by atoms with E-state index < -0.39 is 0 Å². The number of anilines is 1. The number of carbonyl (C=O) groups excluding carboxylic acids is 1. The fraction of sp³-hybridized carbons (Fsp3) is 0.286. The van der Waals surface area contributed by atoms with Crippen LogP contribution in [0.5, 0.6) is 17.2 Å². The van der Waals surface area contributed by atoms with Crippen LogP contribution in [0.15, 0.2) is 36.4 Å². The van der Waals surface area contributed by atoms with Gasteiger partial charge in [-0.25, -0.2) is 4.39 Å². The minimum Gasteiger partial charge on any atom is -0.490 e. The van der Waals surface area contributed by atoms with Crippen LogP contribution in [0.4, 0.5) is 9.52 Å². The fourth-order valence-corrected chi connectivity index (χ4v) is 3.42. The van der Waals surface area contributed by atoms with Crippen molar-refractivity contribution in [2.24, 2.45) is 0 Å². The molecule has 30 heavy (non-hydrogen) atoms. The van der Waals surface area contributed by atoms with Crippen molar-refractivity contribution in [2.75, 3.05) is 25.1 Å². The van der Waals surface area contributed by atoms with Gasteiger partial charge in [-0.15, -0.1) is 10.2 Å². The highest BCUT2D eigenvalue weighted by molar-refractivity contribution is 7.18. The monoisotopic (exact) mass is 431 g/mol. The molecule has 0 atom stereocenters. The van der Waals surface area contributed by atoms with E-state index in [0.717, 1.165) is 0 Å². The minimum absolute atomic E-state index is 0.323. The summed E-state index contributed by atoms with van der Waals surface area (Å²) >= 11 is 1.19. The lowest BCUT2D eigenvalue weighted by molar-refractivity contribution is 0.102. The fourth-order valence-electron chi connectivity index (χ4n) is 2.67. The van der Waals surface area contributed by atoms with Gasteiger partial charge in [-0.3, -0.25) is 10.1 Å². The topological polar surface area (TPSA) is 82.6 Å². The summed E-state index contributed by atoms with van der Waals surface area (Å²) in [5.41, 5.74) is 1.05. The zero-order valence-electron chi connectivity index (χ0n) is 16.9. The predicted molar refractivity (Wildman–Crippen MR) is 113 cm³/mol. The summed E-state index contributed by atoms with van der Waals surface area (Å²) in [7, 11) is 0. The van der Waals surface area contributed by atoms with E-state index in [2.05, 4.69) is 15.5 Å². The summed E-state index contributed by atoms with van der Waals surface area (Å²) in [5.74, 6) is 0.607. The maximum atomic E-state index is 13.1. The average molecular weight is 431 g/mol. The number of aromatic nitrogens is 2. The smallest absolute Gasteiger partial charge is 0.257 e. The van der Waals surface area contributed by atoms with Crippen LogP contribution in [0.2, 0.25) is 0 Å². The number of ether oxygens (including phenoxy) is 3. The van der Waals surface area contributed by atoms with E-state index >= 15 is 0 Å². The molecule has 3 rings (SSSR count). The molecule has 0 saturated heterocycles. The molecule has 9 heteroatoms. The molecule has 0 aliphatic heterocycles. The first kappa shape index (κ1) is 21.5. The highest BCUT2D eigenvalue weighted by Gasteiger charge is 2.19. The number of carbonyl (C=O) groups is 1. The maximum Gasteiger partial charge on any atom is 0.257 e. The van der Waals surface area contributed by atoms with Crippen LogP contribution < -0.4 is 19.5 Å². The second-order valence-corrected chi connectivity index (χ2v) is 6.95. The van der Waals surface area contributed by atoms with Crippen molar-refractivity contribution >= 4 is 22.4 Å². The molecule has 0 unspecified atom stereocenters. The van der Waals surface area contributed by atoms with Gasteiger partial charge in [0.25, 0.3) is 5.91 Å². The van der Waals surface area contributed by atoms with E-state index in [9.17, 15) is 9.18 Å². The largest absolute Gasteiger partial charge is 0.490 e. The Hall–Kier alpha value is -3.20. The zero-order chi connectivity index (χ0) is 21.5. The molecule has 1 amide bonds. The van der Waals surface area contributed by atoms with E-state index in [0.29, 0.717) is 58.3 Å². The molecule has 0 fully saturated rings. The molecule has 0 aliphatic rings. The highest BCUT2D eigenvalue weighted by Crippen LogP contribution is 2.39. The molecule has 0 aliphatic carbocycles. The van der Waals surface area contributed by atoms with Crippen LogP contribution >= 0.6 is 11.3 Å². The zero-order valence-corrected chi connectivity index (χ0v) is 17.7. The van der Waals surface area contributed by atoms with Crippen molar-refractivity contribution in [2.45, 2.75) is 20.8 Å². The van der Waals surface area contributed by atoms with Gasteiger partial charge < -0.3 is 14.2 Å². The summed E-state index contributed by atoms with van der Waals surface area (Å²) in [6, 6.07) is 9.12. The Bertz CT molecular complexity index is 981. The summed E-state index contributed by atoms with van der Waals surface area (Å²) in [4.78, 5) is 12.8. The SMILES string of the molecule is CCOc1cc(C(=O)Nc2nnc(-c3ccc(F)cc3)s2)cc(OCC)c1OCC. The predicted octanol–water partition coefficient (Wildman–Crippen LogP) is 4.79. The van der Waals surface area contributed by atoms with Crippen molar-refractivity contribution in [3.05, 3.63) is 47.8 Å². The Morgan fingerprint density at radius 2 is 1.57 bits per heavy atom. The molecule has 7 nitrogen and oxygen atoms in total. The van der Waals surface area contributed by atoms with Crippen LogP contribution in [0.3, 0.4) is 0 Å². The van der Waals surface area contributed by atoms with Gasteiger partial charge >= 0.3 is 0 Å². The number of rotatable bonds is 9. The number of hydrogen-bond donors (Lipinski definition) is 1. The summed E-state index contributed by atoms with van der Waals surface area (Å²) in [6.45, 7) is 6.81. The number of amides is 1. The first-order chi connectivity index (χ1) is 14.5. The molecule has 0 spiro atoms. The Morgan fingerprint density at radius 1 is 0.967 bits per heavy atom. The molecule has 2 aromatic carbocycles. The molecule has 0 radical (unpaired) electrons. The van der Waals surface area contributed by atoms with Crippen molar-refractivity contribution in [1.29, 1.82) is 0 Å². The highest BCUT2D eigenvalue weighted by atomic mass is 32.1. The van der Waals surface area contributed by atoms with Gasteiger partial charge in [0.1, 0.15) is 10.8 Å². The van der Waals surface area contributed by atoms with Gasteiger partial charge in [0.2, 0.25) is 10.9 Å². The van der Waals surface area contributed by atoms with E-state index in [1.165, 1.54) is 23.5 Å². The quantitative estimate of drug-likeness (QED) is 0.524. The first-order valence-corrected chi connectivity index (χ1v) is 10.3. The third kappa shape index (κ3) is 5.04. The second-order valence-electron chi connectivity index (χ2n) is 5.97. The minimum atomic E-state index is -0.387. The number of nitrogens with one attached hydrogen (secondary N) is 1. The van der Waals surface area contributed by atoms with E-state index in [1.807, 2.05) is 20.8 Å². The molecular weight excluding hydrogens is 409 g/mol. The van der Waals surface area contributed by atoms with Gasteiger partial charge in [0.05, 0.1) is 19.8 Å². The van der Waals surface area contributed by atoms with Gasteiger partial charge in [-0.2, -0.15) is 0 Å². The van der Waals surface area contributed by atoms with Crippen LogP contribution in [-0.2, 0) is 0 Å². The van der Waals surface area contributed by atoms with Crippen LogP contribution in [0.25, 0.3) is 10.6 Å². The van der Waals surface area contributed by atoms with E-state index in [1.54, 1.807) is 24.3 Å². The molecule has 3 aromatic rings. The van der Waals surface area contributed by atoms with E-state index in [-0.39, 0.29) is 11.7 Å². The lowest BCUT2D eigenvalue weighted by Crippen LogP contribution is -2.13. The van der Waals surface area contributed by atoms with Crippen LogP contribution in [0, 0.1) is 5.82 Å². The standard InChI is InChI=1S/C21H22FN3O4S/c1-4-27-16-11-14(12-17(28-5-2)18(16)29-6-3)19(26)23-21-25-24-20(30-21)13-7-9-15(22)10-8-13/h7-12H,4-6H2,1-3H3,(H,23,25,26). The average Bonchev–Trinajstić information content (AvgIpc) is 3.19. The number of hydrogen-bond acceptors (Lipinski definition) is 7. The molecule has 158 valence electrons. The third-order valence-electron chi connectivity index (χ3n) is 3.91. The molecule has 1 heterocycles. The first-order valence-electron chi connectivity index (χ1n) is 9.52. The molecular formula is C21H22FN3O4S. The summed E-state index contributed by atoms with van der Waals surface area (Å²) in [6.07, 6.45) is 0. The van der Waals surface area contributed by atoms with Gasteiger partial charge in [0, 0.05) is 11.1 Å². The Balaban J connectivity index is 1.85. The maximum absolute atomic E-state index is 13.1. The number of halogens is 1. The summed E-state index contributed by atoms with van der Waals surface area (Å²) < 4.78 is 30.1. The molecule has 1 aromatic heterocycles. The van der Waals surface area contributed by atoms with Crippen LogP contribution in [0.1, 0.15) is 31.1 Å². The lowest BCUT2D eigenvalue weighted by Gasteiger charge is -2.16. The number of nitrogens with zero attached hydrogens (tertiary/aromatic N) is 2. The Morgan fingerprint density at radius 3 is 2.13 bits per heavy atom. The lowest BCUT2D eigenvalue weighted by atomic mass is 10.1. The van der Waals surface area contributed by atoms with Gasteiger partial charge in [-0.1, -0.05) is 11.3 Å².